The highest BCUT2D eigenvalue weighted by atomic mass is 79.9. The summed E-state index contributed by atoms with van der Waals surface area (Å²) >= 11 is 3.59. The highest BCUT2D eigenvalue weighted by Crippen LogP contribution is 2.41. The Morgan fingerprint density at radius 3 is 2.40 bits per heavy atom. The monoisotopic (exact) mass is 666 g/mol. The van der Waals surface area contributed by atoms with Gasteiger partial charge in [-0.2, -0.15) is 0 Å². The largest absolute Gasteiger partial charge is 0.507 e. The number of carbonyl (C=O) groups excluding carboxylic acids is 1. The smallest absolute Gasteiger partial charge is 0.338 e. The van der Waals surface area contributed by atoms with Gasteiger partial charge in [-0.3, -0.25) is 4.79 Å². The maximum atomic E-state index is 14.1. The zero-order valence-electron chi connectivity index (χ0n) is 25.0. The number of aryl methyl sites for hydroxylation is 1. The van der Waals surface area contributed by atoms with Crippen molar-refractivity contribution in [1.29, 1.82) is 0 Å². The minimum atomic E-state index is -0.658. The molecule has 0 aliphatic heterocycles. The van der Waals surface area contributed by atoms with Crippen LogP contribution in [0.5, 0.6) is 17.2 Å². The summed E-state index contributed by atoms with van der Waals surface area (Å²) in [6.45, 7) is 0.0783. The second kappa shape index (κ2) is 12.5. The van der Waals surface area contributed by atoms with Crippen LogP contribution in [0.1, 0.15) is 38.7 Å². The second-order valence-electron chi connectivity index (χ2n) is 10.7. The Hall–Kier alpha value is -5.02. The number of nitrogens with zero attached hydrogens (tertiary/aromatic N) is 1. The summed E-state index contributed by atoms with van der Waals surface area (Å²) in [5, 5.41) is 13.2. The van der Waals surface area contributed by atoms with Crippen molar-refractivity contribution in [2.75, 3.05) is 20.8 Å². The summed E-state index contributed by atoms with van der Waals surface area (Å²) in [5.74, 6) is -0.279. The lowest BCUT2D eigenvalue weighted by atomic mass is 9.85. The van der Waals surface area contributed by atoms with Crippen LogP contribution in [0, 0.1) is 0 Å². The molecule has 1 atom stereocenters. The molecule has 0 aliphatic rings. The number of halogens is 1. The number of methoxy groups -OCH3 is 2. The van der Waals surface area contributed by atoms with Crippen LogP contribution in [0.4, 0.5) is 0 Å². The van der Waals surface area contributed by atoms with E-state index in [4.69, 9.17) is 14.2 Å². The van der Waals surface area contributed by atoms with Crippen LogP contribution < -0.4 is 15.0 Å². The van der Waals surface area contributed by atoms with Crippen molar-refractivity contribution in [1.82, 2.24) is 9.55 Å². The number of aromatic hydroxyl groups is 1. The Balaban J connectivity index is 1.46. The van der Waals surface area contributed by atoms with Crippen LogP contribution in [0.2, 0.25) is 0 Å². The molecule has 0 saturated carbocycles. The minimum absolute atomic E-state index is 0.0665. The van der Waals surface area contributed by atoms with Gasteiger partial charge < -0.3 is 28.9 Å². The number of esters is 1. The molecule has 6 rings (SSSR count). The van der Waals surface area contributed by atoms with Crippen molar-refractivity contribution in [3.8, 4) is 17.2 Å². The third-order valence-electron chi connectivity index (χ3n) is 8.12. The zero-order chi connectivity index (χ0) is 31.7. The van der Waals surface area contributed by atoms with Gasteiger partial charge in [-0.1, -0.05) is 58.4 Å². The van der Waals surface area contributed by atoms with Crippen molar-refractivity contribution < 1.29 is 24.1 Å². The fourth-order valence-corrected chi connectivity index (χ4v) is 6.37. The Kier molecular flexibility index (Phi) is 8.36. The van der Waals surface area contributed by atoms with E-state index in [1.807, 2.05) is 72.8 Å². The first kappa shape index (κ1) is 30.0. The van der Waals surface area contributed by atoms with E-state index in [2.05, 4.69) is 20.9 Å². The molecular weight excluding hydrogens is 636 g/mol. The van der Waals surface area contributed by atoms with Crippen molar-refractivity contribution in [3.05, 3.63) is 134 Å². The summed E-state index contributed by atoms with van der Waals surface area (Å²) in [4.78, 5) is 30.7. The van der Waals surface area contributed by atoms with Gasteiger partial charge in [0.05, 0.1) is 43.4 Å². The number of ether oxygens (including phenoxy) is 3. The standard InChI is InChI=1S/C36H31BrN2O6/c1-39-28-14-7-5-12-26(28)34(40)32(35(39)41)31(21-9-8-10-23(37)19-21)33-25(24-11-4-6-13-27(24)38-33)17-18-45-36(42)22-15-16-29(43-2)30(20-22)44-3/h4-16,19-20,31,38,40H,17-18H2,1-3H3. The van der Waals surface area contributed by atoms with E-state index in [1.165, 1.54) is 14.2 Å². The van der Waals surface area contributed by atoms with Gasteiger partial charge in [0, 0.05) is 39.9 Å². The number of benzene rings is 4. The molecular formula is C36H31BrN2O6. The number of fused-ring (bicyclic) bond motifs is 2. The molecule has 0 bridgehead atoms. The molecule has 0 saturated heterocycles. The van der Waals surface area contributed by atoms with Crippen molar-refractivity contribution in [2.45, 2.75) is 12.3 Å². The van der Waals surface area contributed by atoms with Crippen LogP contribution in [0.15, 0.2) is 100 Å². The molecule has 0 spiro atoms. The third-order valence-corrected chi connectivity index (χ3v) is 8.61. The maximum Gasteiger partial charge on any atom is 0.338 e. The molecule has 2 heterocycles. The van der Waals surface area contributed by atoms with Gasteiger partial charge >= 0.3 is 5.97 Å². The third kappa shape index (κ3) is 5.55. The first-order chi connectivity index (χ1) is 21.8. The van der Waals surface area contributed by atoms with E-state index < -0.39 is 11.9 Å². The van der Waals surface area contributed by atoms with Crippen LogP contribution in [0.3, 0.4) is 0 Å². The van der Waals surface area contributed by atoms with E-state index in [0.717, 1.165) is 32.2 Å². The summed E-state index contributed by atoms with van der Waals surface area (Å²) in [5.41, 5.74) is 4.21. The fourth-order valence-electron chi connectivity index (χ4n) is 5.96. The number of hydrogen-bond donors (Lipinski definition) is 2. The number of rotatable bonds is 9. The van der Waals surface area contributed by atoms with Crippen LogP contribution >= 0.6 is 15.9 Å². The Morgan fingerprint density at radius 2 is 1.64 bits per heavy atom. The normalized spacial score (nSPS) is 11.9. The van der Waals surface area contributed by atoms with Gasteiger partial charge in [0.2, 0.25) is 0 Å². The number of nitrogens with one attached hydrogen (secondary N) is 1. The Bertz CT molecular complexity index is 2120. The molecule has 0 radical (unpaired) electrons. The Morgan fingerprint density at radius 1 is 0.911 bits per heavy atom. The van der Waals surface area contributed by atoms with Crippen LogP contribution in [-0.4, -0.2) is 41.5 Å². The highest BCUT2D eigenvalue weighted by Gasteiger charge is 2.30. The van der Waals surface area contributed by atoms with E-state index in [-0.39, 0.29) is 23.5 Å². The van der Waals surface area contributed by atoms with Crippen LogP contribution in [0.25, 0.3) is 21.8 Å². The molecule has 6 aromatic rings. The first-order valence-corrected chi connectivity index (χ1v) is 15.2. The summed E-state index contributed by atoms with van der Waals surface area (Å²) in [6.07, 6.45) is 0.359. The van der Waals surface area contributed by atoms with Gasteiger partial charge in [-0.05, 0) is 59.7 Å². The van der Waals surface area contributed by atoms with E-state index >= 15 is 0 Å². The summed E-state index contributed by atoms with van der Waals surface area (Å²) in [7, 11) is 4.75. The van der Waals surface area contributed by atoms with Gasteiger partial charge in [0.15, 0.2) is 11.5 Å². The average Bonchev–Trinajstić information content (AvgIpc) is 3.42. The van der Waals surface area contributed by atoms with E-state index in [1.54, 1.807) is 29.8 Å². The number of para-hydroxylation sites is 2. The first-order valence-electron chi connectivity index (χ1n) is 14.4. The molecule has 9 heteroatoms. The SMILES string of the molecule is COc1ccc(C(=O)OCCc2c(C(c3cccc(Br)c3)c3c(O)c4ccccc4n(C)c3=O)[nH]c3ccccc23)cc1OC. The van der Waals surface area contributed by atoms with Crippen molar-refractivity contribution >= 4 is 43.7 Å². The summed E-state index contributed by atoms with van der Waals surface area (Å²) < 4.78 is 18.8. The predicted octanol–water partition coefficient (Wildman–Crippen LogP) is 7.08. The topological polar surface area (TPSA) is 103 Å². The lowest BCUT2D eigenvalue weighted by Crippen LogP contribution is -2.25. The zero-order valence-corrected chi connectivity index (χ0v) is 26.6. The predicted molar refractivity (Wildman–Crippen MR) is 178 cm³/mol. The van der Waals surface area contributed by atoms with E-state index in [9.17, 15) is 14.7 Å². The number of hydrogen-bond acceptors (Lipinski definition) is 6. The lowest BCUT2D eigenvalue weighted by molar-refractivity contribution is 0.0509. The van der Waals surface area contributed by atoms with Gasteiger partial charge in [0.1, 0.15) is 5.75 Å². The molecule has 4 aromatic carbocycles. The van der Waals surface area contributed by atoms with Crippen molar-refractivity contribution in [3.63, 3.8) is 0 Å². The average molecular weight is 668 g/mol. The molecule has 1 unspecified atom stereocenters. The van der Waals surface area contributed by atoms with Gasteiger partial charge in [-0.25, -0.2) is 4.79 Å². The number of H-pyrrole nitrogens is 1. The molecule has 45 heavy (non-hydrogen) atoms. The second-order valence-corrected chi connectivity index (χ2v) is 11.6. The van der Waals surface area contributed by atoms with Gasteiger partial charge in [-0.15, -0.1) is 0 Å². The molecule has 0 aliphatic carbocycles. The molecule has 0 amide bonds. The number of pyridine rings is 1. The molecule has 228 valence electrons. The van der Waals surface area contributed by atoms with Crippen molar-refractivity contribution in [2.24, 2.45) is 7.05 Å². The molecule has 8 nitrogen and oxygen atoms in total. The number of aromatic amines is 1. The lowest BCUT2D eigenvalue weighted by Gasteiger charge is -2.22. The van der Waals surface area contributed by atoms with E-state index in [0.29, 0.717) is 34.4 Å². The van der Waals surface area contributed by atoms with Gasteiger partial charge in [0.25, 0.3) is 5.56 Å². The number of aromatic nitrogens is 2. The fraction of sp³-hybridized carbons (Fsp3) is 0.167. The Labute approximate surface area is 267 Å². The summed E-state index contributed by atoms with van der Waals surface area (Å²) in [6, 6.07) is 27.7. The minimum Gasteiger partial charge on any atom is -0.507 e. The molecule has 2 aromatic heterocycles. The maximum absolute atomic E-state index is 14.1. The highest BCUT2D eigenvalue weighted by molar-refractivity contribution is 9.10. The molecule has 0 fully saturated rings. The van der Waals surface area contributed by atoms with Crippen LogP contribution in [-0.2, 0) is 18.2 Å². The quantitative estimate of drug-likeness (QED) is 0.160. The number of carbonyl (C=O) groups is 1. The molecule has 2 N–H and O–H groups in total.